The van der Waals surface area contributed by atoms with Gasteiger partial charge in [0.05, 0.1) is 0 Å². The van der Waals surface area contributed by atoms with Gasteiger partial charge in [-0.25, -0.2) is 0 Å². The highest BCUT2D eigenvalue weighted by Gasteiger charge is 2.34. The summed E-state index contributed by atoms with van der Waals surface area (Å²) in [4.78, 5) is 14.7. The van der Waals surface area contributed by atoms with Gasteiger partial charge in [0.25, 0.3) is 0 Å². The maximum Gasteiger partial charge on any atom is 0.385 e. The Kier molecular flexibility index (Phi) is 2.46. The standard InChI is InChI=1S/C11H13N3O/c1-8-7-9(13-12)4-5-10(8)11-3-2-6-14(11)15/h4-5,7,11H,2-3,6H2,1H3/q+2. The first-order chi connectivity index (χ1) is 7.22. The summed E-state index contributed by atoms with van der Waals surface area (Å²) in [5.41, 5.74) is 2.60. The minimum Gasteiger partial charge on any atom is -0.0440 e. The molecule has 1 unspecified atom stereocenters. The molecule has 0 spiro atoms. The van der Waals surface area contributed by atoms with E-state index in [4.69, 9.17) is 5.39 Å². The first-order valence-electron chi connectivity index (χ1n) is 5.12. The molecule has 4 nitrogen and oxygen atoms in total. The van der Waals surface area contributed by atoms with Gasteiger partial charge in [-0.15, -0.1) is 0 Å². The van der Waals surface area contributed by atoms with E-state index in [-0.39, 0.29) is 6.04 Å². The number of aryl methyl sites for hydroxylation is 1. The summed E-state index contributed by atoms with van der Waals surface area (Å²) in [6.07, 6.45) is 1.87. The Bertz CT molecular complexity index is 448. The van der Waals surface area contributed by atoms with Gasteiger partial charge in [0.15, 0.2) is 11.5 Å². The smallest absolute Gasteiger partial charge is 0.0440 e. The number of rotatable bonds is 1. The summed E-state index contributed by atoms with van der Waals surface area (Å²) >= 11 is 0. The van der Waals surface area contributed by atoms with E-state index in [2.05, 4.69) is 4.98 Å². The van der Waals surface area contributed by atoms with Crippen LogP contribution in [0.4, 0.5) is 5.69 Å². The van der Waals surface area contributed by atoms with Crippen molar-refractivity contribution in [1.29, 1.82) is 5.39 Å². The van der Waals surface area contributed by atoms with Gasteiger partial charge in [0.1, 0.15) is 0 Å². The van der Waals surface area contributed by atoms with E-state index in [1.54, 1.807) is 12.1 Å². The van der Waals surface area contributed by atoms with Crippen molar-refractivity contribution in [3.05, 3.63) is 39.2 Å². The molecular formula is C11H13N3O+2. The van der Waals surface area contributed by atoms with Gasteiger partial charge in [-0.1, -0.05) is 0 Å². The molecule has 15 heavy (non-hydrogen) atoms. The Morgan fingerprint density at radius 2 is 2.33 bits per heavy atom. The highest BCUT2D eigenvalue weighted by atomic mass is 16.3. The highest BCUT2D eigenvalue weighted by Crippen LogP contribution is 2.31. The van der Waals surface area contributed by atoms with E-state index in [9.17, 15) is 4.91 Å². The van der Waals surface area contributed by atoms with Crippen LogP contribution in [0.15, 0.2) is 18.2 Å². The zero-order valence-electron chi connectivity index (χ0n) is 8.68. The van der Waals surface area contributed by atoms with Crippen LogP contribution >= 0.6 is 0 Å². The van der Waals surface area contributed by atoms with Crippen molar-refractivity contribution in [3.8, 4) is 0 Å². The molecule has 0 N–H and O–H groups in total. The molecule has 1 atom stereocenters. The summed E-state index contributed by atoms with van der Waals surface area (Å²) in [7, 11) is 0. The predicted molar refractivity (Wildman–Crippen MR) is 56.4 cm³/mol. The van der Waals surface area contributed by atoms with Gasteiger partial charge in [-0.05, 0) is 18.6 Å². The number of diazo groups is 1. The van der Waals surface area contributed by atoms with Crippen LogP contribution in [-0.2, 0) is 0 Å². The molecule has 0 radical (unpaired) electrons. The second-order valence-corrected chi connectivity index (χ2v) is 3.94. The van der Waals surface area contributed by atoms with Gasteiger partial charge in [-0.2, -0.15) is 0 Å². The Balaban J connectivity index is 2.37. The van der Waals surface area contributed by atoms with Crippen LogP contribution in [0.3, 0.4) is 0 Å². The summed E-state index contributed by atoms with van der Waals surface area (Å²) in [5, 5.41) is 8.62. The largest absolute Gasteiger partial charge is 0.385 e. The topological polar surface area (TPSA) is 48.2 Å². The normalized spacial score (nSPS) is 20.3. The van der Waals surface area contributed by atoms with E-state index < -0.39 is 0 Å². The van der Waals surface area contributed by atoms with Crippen LogP contribution in [0.5, 0.6) is 0 Å². The third-order valence-electron chi connectivity index (χ3n) is 2.93. The maximum atomic E-state index is 11.5. The fourth-order valence-corrected chi connectivity index (χ4v) is 2.15. The molecular weight excluding hydrogens is 190 g/mol. The molecule has 0 aliphatic carbocycles. The lowest BCUT2D eigenvalue weighted by Gasteiger charge is -2.04. The molecule has 76 valence electrons. The lowest BCUT2D eigenvalue weighted by atomic mass is 9.99. The number of nitroso groups, excluding NO2 is 1. The monoisotopic (exact) mass is 203 g/mol. The minimum atomic E-state index is -0.0160. The van der Waals surface area contributed by atoms with Crippen molar-refractivity contribution >= 4 is 5.69 Å². The van der Waals surface area contributed by atoms with Crippen LogP contribution in [-0.4, -0.2) is 11.3 Å². The van der Waals surface area contributed by atoms with Crippen molar-refractivity contribution in [1.82, 2.24) is 0 Å². The molecule has 1 aliphatic heterocycles. The van der Waals surface area contributed by atoms with Crippen molar-refractivity contribution in [2.45, 2.75) is 25.8 Å². The fraction of sp³-hybridized carbons (Fsp3) is 0.455. The maximum absolute atomic E-state index is 11.5. The lowest BCUT2D eigenvalue weighted by molar-refractivity contribution is -0.570. The van der Waals surface area contributed by atoms with Crippen LogP contribution in [0.2, 0.25) is 0 Å². The molecule has 0 aromatic heterocycles. The van der Waals surface area contributed by atoms with Crippen LogP contribution < -0.4 is 0 Å². The quantitative estimate of drug-likeness (QED) is 0.520. The zero-order chi connectivity index (χ0) is 10.8. The van der Waals surface area contributed by atoms with Crippen molar-refractivity contribution < 1.29 is 4.76 Å². The van der Waals surface area contributed by atoms with Gasteiger partial charge in [-0.3, -0.25) is 0 Å². The number of hydrogen-bond donors (Lipinski definition) is 0. The Labute approximate surface area is 88.1 Å². The Hall–Kier alpha value is -1.76. The van der Waals surface area contributed by atoms with Gasteiger partial charge >= 0.3 is 5.69 Å². The fourth-order valence-electron chi connectivity index (χ4n) is 2.15. The summed E-state index contributed by atoms with van der Waals surface area (Å²) in [5.74, 6) is 0. The molecule has 2 rings (SSSR count). The Morgan fingerprint density at radius 1 is 1.53 bits per heavy atom. The van der Waals surface area contributed by atoms with Crippen LogP contribution in [0.25, 0.3) is 4.98 Å². The van der Waals surface area contributed by atoms with Gasteiger partial charge in [0, 0.05) is 40.2 Å². The lowest BCUT2D eigenvalue weighted by Crippen LogP contribution is -2.09. The van der Waals surface area contributed by atoms with E-state index in [0.29, 0.717) is 12.2 Å². The highest BCUT2D eigenvalue weighted by molar-refractivity contribution is 5.49. The number of benzene rings is 1. The van der Waals surface area contributed by atoms with E-state index in [0.717, 1.165) is 28.7 Å². The first-order valence-corrected chi connectivity index (χ1v) is 5.12. The molecule has 1 fully saturated rings. The summed E-state index contributed by atoms with van der Waals surface area (Å²) in [6.45, 7) is 2.56. The van der Waals surface area contributed by atoms with E-state index in [1.165, 1.54) is 0 Å². The zero-order valence-corrected chi connectivity index (χ0v) is 8.68. The minimum absolute atomic E-state index is 0.0160. The molecule has 1 saturated heterocycles. The SMILES string of the molecule is Cc1cc([N+]#N)ccc1C1CCC[N+]1=O. The molecule has 1 aromatic rings. The molecule has 1 aliphatic rings. The molecule has 1 heterocycles. The van der Waals surface area contributed by atoms with Crippen LogP contribution in [0, 0.1) is 17.2 Å². The average molecular weight is 203 g/mol. The molecule has 0 amide bonds. The molecule has 0 saturated carbocycles. The van der Waals surface area contributed by atoms with E-state index in [1.807, 2.05) is 13.0 Å². The number of hydrogen-bond acceptors (Lipinski definition) is 2. The summed E-state index contributed by atoms with van der Waals surface area (Å²) in [6, 6.07) is 5.39. The second-order valence-electron chi connectivity index (χ2n) is 3.94. The van der Waals surface area contributed by atoms with Crippen LogP contribution in [0.1, 0.15) is 30.0 Å². The predicted octanol–water partition coefficient (Wildman–Crippen LogP) is 3.09. The Morgan fingerprint density at radius 3 is 2.87 bits per heavy atom. The van der Waals surface area contributed by atoms with Crippen molar-refractivity contribution in [2.75, 3.05) is 6.54 Å². The number of nitrogens with zero attached hydrogens (tertiary/aromatic N) is 3. The van der Waals surface area contributed by atoms with Crippen molar-refractivity contribution in [2.24, 2.45) is 0 Å². The average Bonchev–Trinajstić information content (AvgIpc) is 2.64. The summed E-state index contributed by atoms with van der Waals surface area (Å²) < 4.78 is 1.14. The molecule has 4 heteroatoms. The molecule has 0 bridgehead atoms. The van der Waals surface area contributed by atoms with Gasteiger partial charge < -0.3 is 0 Å². The van der Waals surface area contributed by atoms with E-state index >= 15 is 0 Å². The first kappa shape index (κ1) is 9.78. The van der Waals surface area contributed by atoms with Crippen molar-refractivity contribution in [3.63, 3.8) is 0 Å². The second kappa shape index (κ2) is 3.77. The third-order valence-corrected chi connectivity index (χ3v) is 2.93. The van der Waals surface area contributed by atoms with Gasteiger partial charge in [0.2, 0.25) is 11.4 Å². The third kappa shape index (κ3) is 1.73. The molecule has 1 aromatic carbocycles.